The van der Waals surface area contributed by atoms with Gasteiger partial charge in [-0.2, -0.15) is 4.98 Å². The van der Waals surface area contributed by atoms with E-state index < -0.39 is 11.6 Å². The Hall–Kier alpha value is -1.92. The Morgan fingerprint density at radius 3 is 2.48 bits per heavy atom. The van der Waals surface area contributed by atoms with Crippen LogP contribution in [0.2, 0.25) is 0 Å². The van der Waals surface area contributed by atoms with E-state index in [1.165, 1.54) is 6.20 Å². The summed E-state index contributed by atoms with van der Waals surface area (Å²) in [5.74, 6) is 0.341. The second kappa shape index (κ2) is 5.81. The molecule has 1 aromatic heterocycles. The number of nitrogens with two attached hydrogens (primary N) is 1. The van der Waals surface area contributed by atoms with Crippen LogP contribution in [-0.4, -0.2) is 32.6 Å². The van der Waals surface area contributed by atoms with E-state index in [1.807, 2.05) is 27.7 Å². The third-order valence-corrected chi connectivity index (χ3v) is 5.54. The summed E-state index contributed by atoms with van der Waals surface area (Å²) in [4.78, 5) is 20.4. The number of carbonyl (C=O) groups excluding carboxylic acids is 1. The Kier molecular flexibility index (Phi) is 4.16. The molecule has 6 nitrogen and oxygen atoms in total. The van der Waals surface area contributed by atoms with Crippen molar-refractivity contribution in [1.29, 1.82) is 0 Å². The van der Waals surface area contributed by atoms with Crippen molar-refractivity contribution < 1.29 is 9.18 Å². The van der Waals surface area contributed by atoms with Gasteiger partial charge in [-0.25, -0.2) is 9.37 Å². The quantitative estimate of drug-likeness (QED) is 0.776. The van der Waals surface area contributed by atoms with Gasteiger partial charge in [0.2, 0.25) is 5.95 Å². The third kappa shape index (κ3) is 3.55. The number of aromatic nitrogens is 2. The van der Waals surface area contributed by atoms with Crippen molar-refractivity contribution in [3.63, 3.8) is 0 Å². The summed E-state index contributed by atoms with van der Waals surface area (Å²) in [7, 11) is 0. The molecule has 0 aliphatic heterocycles. The van der Waals surface area contributed by atoms with Crippen molar-refractivity contribution >= 4 is 17.7 Å². The zero-order valence-corrected chi connectivity index (χ0v) is 15.4. The average molecular weight is 349 g/mol. The first-order valence-electron chi connectivity index (χ1n) is 8.94. The van der Waals surface area contributed by atoms with Gasteiger partial charge in [0.05, 0.1) is 5.56 Å². The molecule has 1 heterocycles. The van der Waals surface area contributed by atoms with E-state index in [0.717, 1.165) is 19.3 Å². The molecule has 3 saturated carbocycles. The number of halogens is 1. The normalized spacial score (nSPS) is 31.6. The summed E-state index contributed by atoms with van der Waals surface area (Å²) in [6.45, 7) is 7.93. The number of nitrogens with one attached hydrogen (secondary N) is 2. The smallest absolute Gasteiger partial charge is 0.254 e. The van der Waals surface area contributed by atoms with E-state index in [-0.39, 0.29) is 22.6 Å². The summed E-state index contributed by atoms with van der Waals surface area (Å²) >= 11 is 0. The van der Waals surface area contributed by atoms with Crippen LogP contribution in [0.4, 0.5) is 16.2 Å². The van der Waals surface area contributed by atoms with Crippen molar-refractivity contribution in [1.82, 2.24) is 9.97 Å². The van der Waals surface area contributed by atoms with Crippen molar-refractivity contribution in [2.45, 2.75) is 76.5 Å². The fourth-order valence-electron chi connectivity index (χ4n) is 4.10. The maximum Gasteiger partial charge on any atom is 0.254 e. The van der Waals surface area contributed by atoms with Gasteiger partial charge < -0.3 is 16.4 Å². The maximum absolute atomic E-state index is 14.7. The van der Waals surface area contributed by atoms with Gasteiger partial charge in [0.15, 0.2) is 0 Å². The lowest BCUT2D eigenvalue weighted by atomic mass is 9.59. The second-order valence-electron chi connectivity index (χ2n) is 8.74. The first-order chi connectivity index (χ1) is 11.5. The Balaban J connectivity index is 1.86. The number of rotatable bonds is 4. The van der Waals surface area contributed by atoms with Gasteiger partial charge in [-0.15, -0.1) is 0 Å². The zero-order chi connectivity index (χ0) is 18.5. The predicted octanol–water partition coefficient (Wildman–Crippen LogP) is 3.26. The molecule has 3 aliphatic rings. The molecule has 138 valence electrons. The lowest BCUT2D eigenvalue weighted by Gasteiger charge is -2.53. The van der Waals surface area contributed by atoms with E-state index >= 15 is 0 Å². The van der Waals surface area contributed by atoms with Crippen LogP contribution < -0.4 is 16.4 Å². The highest BCUT2D eigenvalue weighted by molar-refractivity contribution is 5.97. The molecule has 25 heavy (non-hydrogen) atoms. The topological polar surface area (TPSA) is 92.9 Å². The molecule has 1 atom stereocenters. The fraction of sp³-hybridized carbons (Fsp3) is 0.722. The number of alkyl halides is 1. The highest BCUT2D eigenvalue weighted by atomic mass is 19.1. The van der Waals surface area contributed by atoms with E-state index in [0.29, 0.717) is 24.6 Å². The van der Waals surface area contributed by atoms with Crippen LogP contribution in [0, 0.1) is 5.92 Å². The third-order valence-electron chi connectivity index (χ3n) is 5.54. The number of carbonyl (C=O) groups is 1. The number of anilines is 2. The fourth-order valence-corrected chi connectivity index (χ4v) is 4.10. The minimum absolute atomic E-state index is 0.0274. The van der Waals surface area contributed by atoms with E-state index in [2.05, 4.69) is 20.6 Å². The maximum atomic E-state index is 14.7. The molecule has 0 saturated heterocycles. The van der Waals surface area contributed by atoms with Gasteiger partial charge in [-0.1, -0.05) is 6.92 Å². The average Bonchev–Trinajstić information content (AvgIpc) is 2.48. The molecule has 1 aromatic rings. The summed E-state index contributed by atoms with van der Waals surface area (Å²) < 4.78 is 14.7. The van der Waals surface area contributed by atoms with Crippen molar-refractivity contribution in [3.8, 4) is 0 Å². The van der Waals surface area contributed by atoms with Gasteiger partial charge in [0, 0.05) is 17.3 Å². The molecule has 0 aromatic carbocycles. The molecule has 4 rings (SSSR count). The van der Waals surface area contributed by atoms with E-state index in [1.54, 1.807) is 0 Å². The van der Waals surface area contributed by atoms with Crippen LogP contribution in [-0.2, 0) is 0 Å². The van der Waals surface area contributed by atoms with E-state index in [4.69, 9.17) is 5.73 Å². The van der Waals surface area contributed by atoms with Crippen molar-refractivity contribution in [2.24, 2.45) is 11.7 Å². The number of nitrogens with zero attached hydrogens (tertiary/aromatic N) is 2. The standard InChI is InChI=1S/C18H28FN5O/c1-11-9-17(5-7-18(11,19)8-6-17)24-15-21-10-12(13(20)25)14(22-15)23-16(2,3)4/h10-11H,5-9H2,1-4H3,(H2,20,25)(H2,21,22,23,24)/t11-,17?,18?/m0/s1. The molecule has 0 radical (unpaired) electrons. The van der Waals surface area contributed by atoms with Crippen molar-refractivity contribution in [3.05, 3.63) is 11.8 Å². The van der Waals surface area contributed by atoms with E-state index in [9.17, 15) is 9.18 Å². The number of primary amides is 1. The molecule has 7 heteroatoms. The molecular weight excluding hydrogens is 321 g/mol. The minimum atomic E-state index is -1.01. The summed E-state index contributed by atoms with van der Waals surface area (Å²) in [5, 5.41) is 6.65. The van der Waals surface area contributed by atoms with Crippen LogP contribution in [0.15, 0.2) is 6.20 Å². The summed E-state index contributed by atoms with van der Waals surface area (Å²) in [6, 6.07) is 0. The Labute approximate surface area is 148 Å². The highest BCUT2D eigenvalue weighted by Gasteiger charge is 2.53. The van der Waals surface area contributed by atoms with Crippen LogP contribution in [0.3, 0.4) is 0 Å². The monoisotopic (exact) mass is 349 g/mol. The Bertz CT molecular complexity index is 677. The molecule has 4 N–H and O–H groups in total. The molecule has 0 unspecified atom stereocenters. The van der Waals surface area contributed by atoms with Gasteiger partial charge in [0.1, 0.15) is 11.5 Å². The summed E-state index contributed by atoms with van der Waals surface area (Å²) in [6.07, 6.45) is 4.93. The zero-order valence-electron chi connectivity index (χ0n) is 15.4. The summed E-state index contributed by atoms with van der Waals surface area (Å²) in [5.41, 5.74) is 4.25. The molecular formula is C18H28FN5O. The predicted molar refractivity (Wildman–Crippen MR) is 96.4 cm³/mol. The Morgan fingerprint density at radius 2 is 1.96 bits per heavy atom. The van der Waals surface area contributed by atoms with Gasteiger partial charge in [-0.05, 0) is 58.8 Å². The second-order valence-corrected chi connectivity index (χ2v) is 8.74. The van der Waals surface area contributed by atoms with Crippen molar-refractivity contribution in [2.75, 3.05) is 10.6 Å². The Morgan fingerprint density at radius 1 is 1.32 bits per heavy atom. The number of hydrogen-bond donors (Lipinski definition) is 3. The van der Waals surface area contributed by atoms with Gasteiger partial charge in [0.25, 0.3) is 5.91 Å². The largest absolute Gasteiger partial charge is 0.365 e. The minimum Gasteiger partial charge on any atom is -0.365 e. The van der Waals surface area contributed by atoms with Gasteiger partial charge >= 0.3 is 0 Å². The molecule has 1 amide bonds. The first-order valence-corrected chi connectivity index (χ1v) is 8.94. The van der Waals surface area contributed by atoms with Crippen LogP contribution in [0.5, 0.6) is 0 Å². The highest BCUT2D eigenvalue weighted by Crippen LogP contribution is 2.53. The van der Waals surface area contributed by atoms with Gasteiger partial charge in [-0.3, -0.25) is 4.79 Å². The number of amides is 1. The molecule has 3 aliphatic carbocycles. The number of fused-ring (bicyclic) bond motifs is 3. The lowest BCUT2D eigenvalue weighted by Crippen LogP contribution is -2.56. The molecule has 2 bridgehead atoms. The van der Waals surface area contributed by atoms with Crippen LogP contribution in [0.1, 0.15) is 70.2 Å². The SMILES string of the molecule is C[C@H]1CC2(Nc3ncc(C(N)=O)c(NC(C)(C)C)n3)CCC1(F)CC2. The molecule has 0 spiro atoms. The number of hydrogen-bond acceptors (Lipinski definition) is 5. The van der Waals surface area contributed by atoms with Crippen LogP contribution >= 0.6 is 0 Å². The molecule has 3 fully saturated rings. The lowest BCUT2D eigenvalue weighted by molar-refractivity contribution is -0.0350. The first kappa shape index (κ1) is 17.9. The van der Waals surface area contributed by atoms with Crippen LogP contribution in [0.25, 0.3) is 0 Å².